The topological polar surface area (TPSA) is 66.7 Å². The molecule has 1 heterocycles. The Morgan fingerprint density at radius 2 is 2.05 bits per heavy atom. The van der Waals surface area contributed by atoms with Crippen molar-refractivity contribution in [2.45, 2.75) is 31.8 Å². The van der Waals surface area contributed by atoms with E-state index in [2.05, 4.69) is 39.8 Å². The van der Waals surface area contributed by atoms with Crippen LogP contribution in [0.15, 0.2) is 36.5 Å². The average molecular weight is 270 g/mol. The van der Waals surface area contributed by atoms with E-state index in [1.165, 1.54) is 30.4 Å². The maximum Gasteiger partial charge on any atom is 0.0650 e. The van der Waals surface area contributed by atoms with Gasteiger partial charge in [0.15, 0.2) is 0 Å². The zero-order valence-electron chi connectivity index (χ0n) is 11.7. The minimum atomic E-state index is 0.590. The molecule has 3 rings (SSSR count). The monoisotopic (exact) mass is 270 g/mol. The van der Waals surface area contributed by atoms with Crippen LogP contribution in [0.4, 0.5) is 0 Å². The summed E-state index contributed by atoms with van der Waals surface area (Å²) >= 11 is 0. The third-order valence-corrected chi connectivity index (χ3v) is 4.30. The fourth-order valence-corrected chi connectivity index (χ4v) is 3.06. The van der Waals surface area contributed by atoms with Gasteiger partial charge in [-0.1, -0.05) is 30.7 Å². The third kappa shape index (κ3) is 2.92. The van der Waals surface area contributed by atoms with Crippen LogP contribution < -0.4 is 11.1 Å². The second kappa shape index (κ2) is 6.20. The average Bonchev–Trinajstić information content (AvgIpc) is 3.16. The van der Waals surface area contributed by atoms with Gasteiger partial charge in [0.1, 0.15) is 0 Å². The standard InChI is InChI=1S/C16H22N4/c17-10-14-2-1-3-15(14)18-11-12-4-6-13(7-5-12)16-8-9-19-20-16/h4-9,14-15,18H,1-3,10-11,17H2,(H,19,20). The summed E-state index contributed by atoms with van der Waals surface area (Å²) in [5.41, 5.74) is 9.37. The van der Waals surface area contributed by atoms with Gasteiger partial charge in [0.25, 0.3) is 0 Å². The number of benzene rings is 1. The van der Waals surface area contributed by atoms with E-state index in [9.17, 15) is 0 Å². The first kappa shape index (κ1) is 13.3. The molecule has 1 fully saturated rings. The molecule has 2 atom stereocenters. The lowest BCUT2D eigenvalue weighted by Gasteiger charge is -2.19. The largest absolute Gasteiger partial charge is 0.330 e. The summed E-state index contributed by atoms with van der Waals surface area (Å²) in [5, 5.41) is 10.6. The second-order valence-corrected chi connectivity index (χ2v) is 5.58. The molecule has 106 valence electrons. The normalized spacial score (nSPS) is 22.2. The number of nitrogens with two attached hydrogens (primary N) is 1. The first-order valence-corrected chi connectivity index (χ1v) is 7.39. The molecule has 0 spiro atoms. The van der Waals surface area contributed by atoms with Crippen molar-refractivity contribution in [1.29, 1.82) is 0 Å². The molecule has 0 aliphatic heterocycles. The molecule has 4 nitrogen and oxygen atoms in total. The van der Waals surface area contributed by atoms with Crippen LogP contribution >= 0.6 is 0 Å². The quantitative estimate of drug-likeness (QED) is 0.781. The Morgan fingerprint density at radius 3 is 2.75 bits per heavy atom. The number of hydrogen-bond donors (Lipinski definition) is 3. The van der Waals surface area contributed by atoms with Gasteiger partial charge in [0, 0.05) is 18.8 Å². The van der Waals surface area contributed by atoms with Crippen molar-refractivity contribution >= 4 is 0 Å². The van der Waals surface area contributed by atoms with Crippen LogP contribution in [0.1, 0.15) is 24.8 Å². The summed E-state index contributed by atoms with van der Waals surface area (Å²) in [7, 11) is 0. The number of rotatable bonds is 5. The zero-order chi connectivity index (χ0) is 13.8. The summed E-state index contributed by atoms with van der Waals surface area (Å²) in [6.07, 6.45) is 5.61. The van der Waals surface area contributed by atoms with Crippen LogP contribution in [-0.2, 0) is 6.54 Å². The van der Waals surface area contributed by atoms with Crippen molar-refractivity contribution in [3.63, 3.8) is 0 Å². The van der Waals surface area contributed by atoms with E-state index in [-0.39, 0.29) is 0 Å². The van der Waals surface area contributed by atoms with Crippen molar-refractivity contribution in [3.05, 3.63) is 42.1 Å². The predicted molar refractivity (Wildman–Crippen MR) is 81.0 cm³/mol. The molecule has 4 N–H and O–H groups in total. The molecule has 1 aromatic heterocycles. The Labute approximate surface area is 119 Å². The van der Waals surface area contributed by atoms with Crippen LogP contribution in [-0.4, -0.2) is 22.8 Å². The number of aromatic nitrogens is 2. The van der Waals surface area contributed by atoms with Crippen LogP contribution in [0.2, 0.25) is 0 Å². The van der Waals surface area contributed by atoms with E-state index in [1.807, 2.05) is 6.07 Å². The minimum absolute atomic E-state index is 0.590. The zero-order valence-corrected chi connectivity index (χ0v) is 11.7. The summed E-state index contributed by atoms with van der Waals surface area (Å²) in [6.45, 7) is 1.72. The molecule has 2 aromatic rings. The smallest absolute Gasteiger partial charge is 0.0650 e. The van der Waals surface area contributed by atoms with Crippen molar-refractivity contribution in [1.82, 2.24) is 15.5 Å². The number of nitrogens with zero attached hydrogens (tertiary/aromatic N) is 1. The fourth-order valence-electron chi connectivity index (χ4n) is 3.06. The predicted octanol–water partition coefficient (Wildman–Crippen LogP) is 2.29. The molecular weight excluding hydrogens is 248 g/mol. The maximum atomic E-state index is 5.82. The Kier molecular flexibility index (Phi) is 4.14. The van der Waals surface area contributed by atoms with Gasteiger partial charge in [-0.25, -0.2) is 0 Å². The number of H-pyrrole nitrogens is 1. The van der Waals surface area contributed by atoms with Gasteiger partial charge >= 0.3 is 0 Å². The lowest BCUT2D eigenvalue weighted by Crippen LogP contribution is -2.35. The van der Waals surface area contributed by atoms with Gasteiger partial charge in [-0.05, 0) is 42.5 Å². The van der Waals surface area contributed by atoms with Gasteiger partial charge in [-0.15, -0.1) is 0 Å². The van der Waals surface area contributed by atoms with E-state index in [0.29, 0.717) is 12.0 Å². The summed E-state index contributed by atoms with van der Waals surface area (Å²) in [5.74, 6) is 0.652. The fraction of sp³-hybridized carbons (Fsp3) is 0.438. The Balaban J connectivity index is 1.58. The van der Waals surface area contributed by atoms with E-state index in [0.717, 1.165) is 18.8 Å². The lowest BCUT2D eigenvalue weighted by molar-refractivity contribution is 0.406. The van der Waals surface area contributed by atoms with Crippen molar-refractivity contribution in [2.24, 2.45) is 11.7 Å². The highest BCUT2D eigenvalue weighted by Crippen LogP contribution is 2.25. The lowest BCUT2D eigenvalue weighted by atomic mass is 10.0. The highest BCUT2D eigenvalue weighted by molar-refractivity contribution is 5.58. The van der Waals surface area contributed by atoms with E-state index >= 15 is 0 Å². The molecule has 1 saturated carbocycles. The number of nitrogens with one attached hydrogen (secondary N) is 2. The van der Waals surface area contributed by atoms with Gasteiger partial charge in [-0.3, -0.25) is 5.10 Å². The summed E-state index contributed by atoms with van der Waals surface area (Å²) in [4.78, 5) is 0. The minimum Gasteiger partial charge on any atom is -0.330 e. The Morgan fingerprint density at radius 1 is 1.20 bits per heavy atom. The van der Waals surface area contributed by atoms with Gasteiger partial charge in [-0.2, -0.15) is 5.10 Å². The highest BCUT2D eigenvalue weighted by Gasteiger charge is 2.25. The Bertz CT molecular complexity index is 518. The van der Waals surface area contributed by atoms with E-state index < -0.39 is 0 Å². The molecule has 0 bridgehead atoms. The van der Waals surface area contributed by atoms with Crippen LogP contribution in [0.3, 0.4) is 0 Å². The summed E-state index contributed by atoms with van der Waals surface area (Å²) in [6, 6.07) is 11.2. The van der Waals surface area contributed by atoms with Crippen LogP contribution in [0.25, 0.3) is 11.3 Å². The Hall–Kier alpha value is -1.65. The number of aromatic amines is 1. The molecule has 4 heteroatoms. The molecule has 0 radical (unpaired) electrons. The summed E-state index contributed by atoms with van der Waals surface area (Å²) < 4.78 is 0. The van der Waals surface area contributed by atoms with Crippen molar-refractivity contribution in [2.75, 3.05) is 6.54 Å². The van der Waals surface area contributed by atoms with E-state index in [4.69, 9.17) is 5.73 Å². The highest BCUT2D eigenvalue weighted by atomic mass is 15.1. The molecule has 1 aliphatic carbocycles. The molecule has 0 saturated heterocycles. The van der Waals surface area contributed by atoms with Crippen LogP contribution in [0, 0.1) is 5.92 Å². The first-order valence-electron chi connectivity index (χ1n) is 7.39. The van der Waals surface area contributed by atoms with Gasteiger partial charge in [0.05, 0.1) is 5.69 Å². The van der Waals surface area contributed by atoms with Crippen molar-refractivity contribution < 1.29 is 0 Å². The molecule has 0 amide bonds. The molecule has 1 aliphatic rings. The molecule has 1 aromatic carbocycles. The number of hydrogen-bond acceptors (Lipinski definition) is 3. The first-order chi connectivity index (χ1) is 9.86. The SMILES string of the molecule is NCC1CCCC1NCc1ccc(-c2ccn[nH]2)cc1. The van der Waals surface area contributed by atoms with Gasteiger partial charge < -0.3 is 11.1 Å². The third-order valence-electron chi connectivity index (χ3n) is 4.30. The molecule has 2 unspecified atom stereocenters. The maximum absolute atomic E-state index is 5.82. The van der Waals surface area contributed by atoms with Gasteiger partial charge in [0.2, 0.25) is 0 Å². The molecule has 20 heavy (non-hydrogen) atoms. The van der Waals surface area contributed by atoms with Crippen molar-refractivity contribution in [3.8, 4) is 11.3 Å². The van der Waals surface area contributed by atoms with E-state index in [1.54, 1.807) is 6.20 Å². The van der Waals surface area contributed by atoms with Crippen LogP contribution in [0.5, 0.6) is 0 Å². The second-order valence-electron chi connectivity index (χ2n) is 5.58. The molecular formula is C16H22N4.